The summed E-state index contributed by atoms with van der Waals surface area (Å²) in [6.45, 7) is 6.75. The van der Waals surface area contributed by atoms with Gasteiger partial charge in [0.2, 0.25) is 0 Å². The third-order valence-electron chi connectivity index (χ3n) is 9.55. The predicted molar refractivity (Wildman–Crippen MR) is 214 cm³/mol. The number of ketones is 3. The number of unbranched alkanes of at least 4 members (excludes halogenated alkanes) is 1. The van der Waals surface area contributed by atoms with Crippen LogP contribution in [-0.4, -0.2) is 52.3 Å². The lowest BCUT2D eigenvalue weighted by molar-refractivity contribution is -0.122. The van der Waals surface area contributed by atoms with Crippen molar-refractivity contribution in [3.63, 3.8) is 0 Å². The average Bonchev–Trinajstić information content (AvgIpc) is 3.44. The van der Waals surface area contributed by atoms with E-state index in [0.717, 1.165) is 6.42 Å². The Kier molecular flexibility index (Phi) is 13.7. The van der Waals surface area contributed by atoms with E-state index in [0.29, 0.717) is 83.8 Å². The number of carbonyl (C=O) groups is 5. The number of benzene rings is 2. The summed E-state index contributed by atoms with van der Waals surface area (Å²) in [5.74, 6) is 4.51. The van der Waals surface area contributed by atoms with Gasteiger partial charge in [0.1, 0.15) is 16.6 Å². The van der Waals surface area contributed by atoms with Gasteiger partial charge in [-0.15, -0.1) is 0 Å². The molecule has 6 N–H and O–H groups in total. The van der Waals surface area contributed by atoms with Crippen LogP contribution in [0.5, 0.6) is 0 Å². The van der Waals surface area contributed by atoms with E-state index in [1.807, 2.05) is 26.8 Å². The normalized spacial score (nSPS) is 14.2. The van der Waals surface area contributed by atoms with Crippen molar-refractivity contribution in [1.82, 2.24) is 15.3 Å². The van der Waals surface area contributed by atoms with Gasteiger partial charge >= 0.3 is 6.03 Å². The van der Waals surface area contributed by atoms with Gasteiger partial charge in [0, 0.05) is 65.8 Å². The molecule has 0 saturated heterocycles. The van der Waals surface area contributed by atoms with Crippen LogP contribution in [0.25, 0.3) is 0 Å². The molecule has 0 spiro atoms. The van der Waals surface area contributed by atoms with Crippen molar-refractivity contribution in [3.8, 4) is 11.8 Å². The van der Waals surface area contributed by atoms with Crippen molar-refractivity contribution in [3.05, 3.63) is 106 Å². The first-order valence-electron chi connectivity index (χ1n) is 18.3. The van der Waals surface area contributed by atoms with Crippen molar-refractivity contribution in [2.24, 2.45) is 17.8 Å². The number of nitrogens with zero attached hydrogens (tertiary/aromatic N) is 2. The van der Waals surface area contributed by atoms with Crippen molar-refractivity contribution < 1.29 is 24.0 Å². The molecule has 284 valence electrons. The number of hydrogen-bond acceptors (Lipinski definition) is 9. The summed E-state index contributed by atoms with van der Waals surface area (Å²) in [5, 5.41) is 11.8. The van der Waals surface area contributed by atoms with E-state index in [2.05, 4.69) is 43.1 Å². The second-order valence-corrected chi connectivity index (χ2v) is 13.9. The third kappa shape index (κ3) is 10.5. The number of pyridine rings is 2. The number of Topliss-reactive ketones (excluding diaryl/α,β-unsaturated/α-hetero) is 3. The molecule has 1 aliphatic rings. The van der Waals surface area contributed by atoms with Crippen LogP contribution in [-0.2, 0) is 4.79 Å². The highest BCUT2D eigenvalue weighted by Gasteiger charge is 2.43. The van der Waals surface area contributed by atoms with Crippen LogP contribution in [0.15, 0.2) is 73.1 Å². The number of aromatic nitrogens is 2. The molecular formula is C42H44ClN7O5. The molecule has 2 aromatic heterocycles. The SMILES string of the molecule is CCC(C)C(=O)CCC(C)C1C(=O)c2cccc(NCCCCNC(=O)c3cccc(C#Cc4cc(NC(=O)Nc5cc(Cl)ncc5N)ccn4)c3)c2C1=O. The zero-order chi connectivity index (χ0) is 39.5. The smallest absolute Gasteiger partial charge is 0.323 e. The highest BCUT2D eigenvalue weighted by molar-refractivity contribution is 6.30. The van der Waals surface area contributed by atoms with Gasteiger partial charge in [-0.05, 0) is 73.9 Å². The van der Waals surface area contributed by atoms with Gasteiger partial charge in [-0.1, -0.05) is 56.5 Å². The summed E-state index contributed by atoms with van der Waals surface area (Å²) in [6, 6.07) is 16.3. The minimum atomic E-state index is -0.770. The van der Waals surface area contributed by atoms with Crippen LogP contribution in [0, 0.1) is 29.6 Å². The quantitative estimate of drug-likeness (QED) is 0.0356. The van der Waals surface area contributed by atoms with E-state index >= 15 is 0 Å². The number of nitrogens with two attached hydrogens (primary N) is 1. The van der Waals surface area contributed by atoms with Crippen molar-refractivity contribution in [1.29, 1.82) is 0 Å². The van der Waals surface area contributed by atoms with Crippen LogP contribution in [0.1, 0.15) is 95.2 Å². The van der Waals surface area contributed by atoms with Crippen LogP contribution in [0.2, 0.25) is 5.15 Å². The van der Waals surface area contributed by atoms with Crippen LogP contribution < -0.4 is 27.0 Å². The molecule has 2 heterocycles. The number of rotatable bonds is 15. The summed E-state index contributed by atoms with van der Waals surface area (Å²) in [6.07, 6.45) is 5.90. The maximum atomic E-state index is 13.5. The molecule has 3 atom stereocenters. The lowest BCUT2D eigenvalue weighted by Gasteiger charge is -2.17. The Bertz CT molecular complexity index is 2160. The largest absolute Gasteiger partial charge is 0.396 e. The van der Waals surface area contributed by atoms with Gasteiger partial charge in [-0.2, -0.15) is 0 Å². The Balaban J connectivity index is 1.07. The predicted octanol–water partition coefficient (Wildman–Crippen LogP) is 7.40. The Hall–Kier alpha value is -6.06. The summed E-state index contributed by atoms with van der Waals surface area (Å²) in [4.78, 5) is 72.6. The number of amides is 3. The molecule has 0 saturated carbocycles. The van der Waals surface area contributed by atoms with Crippen molar-refractivity contribution in [2.75, 3.05) is 34.8 Å². The molecule has 0 fully saturated rings. The van der Waals surface area contributed by atoms with Gasteiger partial charge in [-0.25, -0.2) is 14.8 Å². The number of hydrogen-bond donors (Lipinski definition) is 5. The first-order valence-corrected chi connectivity index (χ1v) is 18.7. The monoisotopic (exact) mass is 761 g/mol. The molecule has 3 unspecified atom stereocenters. The summed E-state index contributed by atoms with van der Waals surface area (Å²) in [5.41, 5.74) is 9.84. The molecule has 3 amide bonds. The van der Waals surface area contributed by atoms with Gasteiger partial charge in [0.05, 0.1) is 29.1 Å². The van der Waals surface area contributed by atoms with E-state index in [9.17, 15) is 24.0 Å². The minimum Gasteiger partial charge on any atom is -0.396 e. The molecule has 2 aromatic carbocycles. The van der Waals surface area contributed by atoms with E-state index in [1.54, 1.807) is 48.5 Å². The van der Waals surface area contributed by atoms with Crippen molar-refractivity contribution >= 4 is 63.6 Å². The van der Waals surface area contributed by atoms with E-state index in [-0.39, 0.29) is 45.9 Å². The Morgan fingerprint density at radius 1 is 0.909 bits per heavy atom. The molecule has 0 bridgehead atoms. The average molecular weight is 762 g/mol. The maximum Gasteiger partial charge on any atom is 0.323 e. The number of anilines is 4. The topological polar surface area (TPSA) is 185 Å². The van der Waals surface area contributed by atoms with Crippen molar-refractivity contribution in [2.45, 2.75) is 52.9 Å². The minimum absolute atomic E-state index is 0.0236. The highest BCUT2D eigenvalue weighted by atomic mass is 35.5. The van der Waals surface area contributed by atoms with Crippen LogP contribution in [0.4, 0.5) is 27.5 Å². The molecule has 4 aromatic rings. The summed E-state index contributed by atoms with van der Waals surface area (Å²) < 4.78 is 0. The number of nitrogens with one attached hydrogen (secondary N) is 4. The lowest BCUT2D eigenvalue weighted by atomic mass is 9.84. The molecule has 12 nitrogen and oxygen atoms in total. The molecule has 5 rings (SSSR count). The maximum absolute atomic E-state index is 13.5. The Morgan fingerprint density at radius 3 is 2.49 bits per heavy atom. The van der Waals surface area contributed by atoms with E-state index in [1.165, 1.54) is 18.5 Å². The standard InChI is InChI=1S/C42H44ClN7O5/c1-4-25(2)35(51)16-13-26(3)37-39(52)31-11-8-12-33(38(31)40(37)53)46-18-5-6-19-47-41(54)28-10-7-9-27(21-28)14-15-29-22-30(17-20-45-29)49-42(55)50-34-23-36(43)48-24-32(34)44/h7-12,17,20-26,37,46H,4-6,13,16,18-19,44H2,1-3H3,(H,47,54)(H2,45,48,49,50,55). The fourth-order valence-corrected chi connectivity index (χ4v) is 6.36. The van der Waals surface area contributed by atoms with Gasteiger partial charge < -0.3 is 27.0 Å². The highest BCUT2D eigenvalue weighted by Crippen LogP contribution is 2.37. The Morgan fingerprint density at radius 2 is 1.69 bits per heavy atom. The number of nitrogen functional groups attached to an aromatic ring is 1. The third-order valence-corrected chi connectivity index (χ3v) is 9.76. The lowest BCUT2D eigenvalue weighted by Crippen LogP contribution is -2.25. The first kappa shape index (κ1) is 40.1. The molecule has 0 aliphatic heterocycles. The van der Waals surface area contributed by atoms with Gasteiger partial charge in [0.15, 0.2) is 11.6 Å². The van der Waals surface area contributed by atoms with E-state index < -0.39 is 11.9 Å². The van der Waals surface area contributed by atoms with Gasteiger partial charge in [-0.3, -0.25) is 19.2 Å². The number of carbonyl (C=O) groups excluding carboxylic acids is 5. The van der Waals surface area contributed by atoms with Crippen LogP contribution >= 0.6 is 11.6 Å². The summed E-state index contributed by atoms with van der Waals surface area (Å²) >= 11 is 5.89. The van der Waals surface area contributed by atoms with E-state index in [4.69, 9.17) is 17.3 Å². The zero-order valence-electron chi connectivity index (χ0n) is 31.0. The summed E-state index contributed by atoms with van der Waals surface area (Å²) in [7, 11) is 0. The second kappa shape index (κ2) is 18.8. The first-order chi connectivity index (χ1) is 26.4. The zero-order valence-corrected chi connectivity index (χ0v) is 31.8. The fraction of sp³-hybridized carbons (Fsp3) is 0.310. The molecule has 55 heavy (non-hydrogen) atoms. The van der Waals surface area contributed by atoms with Crippen LogP contribution in [0.3, 0.4) is 0 Å². The molecule has 0 radical (unpaired) electrons. The molecule has 1 aliphatic carbocycles. The molecule has 13 heteroatoms. The Labute approximate surface area is 325 Å². The second-order valence-electron chi connectivity index (χ2n) is 13.5. The number of urea groups is 1. The molecular weight excluding hydrogens is 718 g/mol. The fourth-order valence-electron chi connectivity index (χ4n) is 6.20. The number of halogens is 1. The number of fused-ring (bicyclic) bond motifs is 1. The van der Waals surface area contributed by atoms with Gasteiger partial charge in [0.25, 0.3) is 5.91 Å².